The molecule has 1 fully saturated rings. The first-order valence-electron chi connectivity index (χ1n) is 8.43. The highest BCUT2D eigenvalue weighted by molar-refractivity contribution is 7.89. The van der Waals surface area contributed by atoms with Gasteiger partial charge in [0, 0.05) is 25.4 Å². The SMILES string of the molecule is N#Cc1cnc(Nc2ccc(S(N)(=O)=O)cc2)nc1N1CCC[C@@H](CO)C1. The molecular weight excluding hydrogens is 368 g/mol. The lowest BCUT2D eigenvalue weighted by molar-refractivity contribution is 0.208. The van der Waals surface area contributed by atoms with E-state index in [2.05, 4.69) is 21.4 Å². The van der Waals surface area contributed by atoms with Crippen LogP contribution in [0.4, 0.5) is 17.5 Å². The second kappa shape index (κ2) is 7.87. The first-order chi connectivity index (χ1) is 12.9. The van der Waals surface area contributed by atoms with Crippen LogP contribution in [-0.2, 0) is 10.0 Å². The molecule has 1 aliphatic rings. The number of piperidine rings is 1. The third kappa shape index (κ3) is 4.51. The van der Waals surface area contributed by atoms with Gasteiger partial charge in [0.15, 0.2) is 5.82 Å². The van der Waals surface area contributed by atoms with E-state index in [4.69, 9.17) is 5.14 Å². The fourth-order valence-corrected chi connectivity index (χ4v) is 3.53. The fraction of sp³-hybridized carbons (Fsp3) is 0.353. The number of rotatable bonds is 5. The number of hydrogen-bond acceptors (Lipinski definition) is 8. The molecule has 0 amide bonds. The number of nitrogens with one attached hydrogen (secondary N) is 1. The molecule has 3 rings (SSSR count). The molecule has 0 unspecified atom stereocenters. The van der Waals surface area contributed by atoms with E-state index in [-0.39, 0.29) is 17.4 Å². The summed E-state index contributed by atoms with van der Waals surface area (Å²) in [5.74, 6) is 0.968. The summed E-state index contributed by atoms with van der Waals surface area (Å²) in [6.07, 6.45) is 3.31. The Balaban J connectivity index is 1.84. The molecule has 9 nitrogen and oxygen atoms in total. The van der Waals surface area contributed by atoms with E-state index < -0.39 is 10.0 Å². The molecule has 10 heteroatoms. The zero-order valence-corrected chi connectivity index (χ0v) is 15.4. The van der Waals surface area contributed by atoms with Crippen LogP contribution in [-0.4, -0.2) is 43.2 Å². The minimum absolute atomic E-state index is 0.0119. The molecule has 0 saturated carbocycles. The van der Waals surface area contributed by atoms with E-state index in [1.54, 1.807) is 12.1 Å². The highest BCUT2D eigenvalue weighted by Gasteiger charge is 2.23. The van der Waals surface area contributed by atoms with Crippen molar-refractivity contribution in [3.8, 4) is 6.07 Å². The van der Waals surface area contributed by atoms with Gasteiger partial charge < -0.3 is 15.3 Å². The van der Waals surface area contributed by atoms with Gasteiger partial charge in [-0.2, -0.15) is 10.2 Å². The smallest absolute Gasteiger partial charge is 0.238 e. The molecule has 27 heavy (non-hydrogen) atoms. The number of nitrogens with two attached hydrogens (primary N) is 1. The molecule has 0 aliphatic carbocycles. The average Bonchev–Trinajstić information content (AvgIpc) is 2.67. The molecule has 1 saturated heterocycles. The monoisotopic (exact) mass is 388 g/mol. The van der Waals surface area contributed by atoms with Gasteiger partial charge in [0.2, 0.25) is 16.0 Å². The topological polar surface area (TPSA) is 145 Å². The van der Waals surface area contributed by atoms with Gasteiger partial charge in [0.1, 0.15) is 11.6 Å². The van der Waals surface area contributed by atoms with Crippen molar-refractivity contribution >= 4 is 27.5 Å². The third-order valence-corrected chi connectivity index (χ3v) is 5.33. The number of primary sulfonamides is 1. The second-order valence-electron chi connectivity index (χ2n) is 6.37. The minimum Gasteiger partial charge on any atom is -0.396 e. The number of aliphatic hydroxyl groups excluding tert-OH is 1. The highest BCUT2D eigenvalue weighted by atomic mass is 32.2. The molecule has 142 valence electrons. The first-order valence-corrected chi connectivity index (χ1v) is 9.98. The first kappa shape index (κ1) is 19.0. The lowest BCUT2D eigenvalue weighted by Crippen LogP contribution is -2.37. The summed E-state index contributed by atoms with van der Waals surface area (Å²) in [5.41, 5.74) is 0.952. The van der Waals surface area contributed by atoms with Crippen molar-refractivity contribution in [2.45, 2.75) is 17.7 Å². The summed E-state index contributed by atoms with van der Waals surface area (Å²) in [7, 11) is -3.75. The van der Waals surface area contributed by atoms with Crippen LogP contribution < -0.4 is 15.4 Å². The van der Waals surface area contributed by atoms with Gasteiger partial charge >= 0.3 is 0 Å². The van der Waals surface area contributed by atoms with Crippen LogP contribution in [0.15, 0.2) is 35.4 Å². The standard InChI is InChI=1S/C17H20N6O3S/c18-8-13-9-20-17(21-14-3-5-15(6-4-14)27(19,25)26)22-16(13)23-7-1-2-12(10-23)11-24/h3-6,9,12,24H,1-2,7,10-11H2,(H2,19,25,26)(H,20,21,22)/t12-/m1/s1. The van der Waals surface area contributed by atoms with E-state index in [0.29, 0.717) is 29.6 Å². The van der Waals surface area contributed by atoms with Crippen LogP contribution in [0.2, 0.25) is 0 Å². The molecule has 4 N–H and O–H groups in total. The summed E-state index contributed by atoms with van der Waals surface area (Å²) in [4.78, 5) is 10.6. The number of aliphatic hydroxyl groups is 1. The van der Waals surface area contributed by atoms with Crippen molar-refractivity contribution < 1.29 is 13.5 Å². The number of nitriles is 1. The molecule has 2 heterocycles. The average molecular weight is 388 g/mol. The second-order valence-corrected chi connectivity index (χ2v) is 7.94. The molecule has 2 aromatic rings. The Morgan fingerprint density at radius 2 is 2.11 bits per heavy atom. The Kier molecular flexibility index (Phi) is 5.55. The van der Waals surface area contributed by atoms with Gasteiger partial charge in [0.05, 0.1) is 11.1 Å². The maximum absolute atomic E-state index is 11.3. The summed E-state index contributed by atoms with van der Waals surface area (Å²) < 4.78 is 22.6. The predicted octanol–water partition coefficient (Wildman–Crippen LogP) is 0.948. The van der Waals surface area contributed by atoms with Crippen LogP contribution >= 0.6 is 0 Å². The Morgan fingerprint density at radius 3 is 2.74 bits per heavy atom. The Bertz CT molecular complexity index is 956. The van der Waals surface area contributed by atoms with Crippen LogP contribution in [0, 0.1) is 17.2 Å². The van der Waals surface area contributed by atoms with E-state index in [1.807, 2.05) is 4.90 Å². The van der Waals surface area contributed by atoms with Gasteiger partial charge in [-0.05, 0) is 43.0 Å². The van der Waals surface area contributed by atoms with Crippen molar-refractivity contribution in [1.82, 2.24) is 9.97 Å². The largest absolute Gasteiger partial charge is 0.396 e. The molecular formula is C17H20N6O3S. The third-order valence-electron chi connectivity index (χ3n) is 4.40. The summed E-state index contributed by atoms with van der Waals surface area (Å²) in [5, 5.41) is 26.9. The van der Waals surface area contributed by atoms with Crippen LogP contribution in [0.5, 0.6) is 0 Å². The van der Waals surface area contributed by atoms with E-state index in [0.717, 1.165) is 19.4 Å². The molecule has 1 aliphatic heterocycles. The maximum atomic E-state index is 11.3. The quantitative estimate of drug-likeness (QED) is 0.686. The van der Waals surface area contributed by atoms with E-state index in [9.17, 15) is 18.8 Å². The number of anilines is 3. The van der Waals surface area contributed by atoms with Gasteiger partial charge in [-0.3, -0.25) is 0 Å². The zero-order valence-electron chi connectivity index (χ0n) is 14.5. The van der Waals surface area contributed by atoms with Crippen LogP contribution in [0.1, 0.15) is 18.4 Å². The van der Waals surface area contributed by atoms with Crippen molar-refractivity contribution in [3.63, 3.8) is 0 Å². The minimum atomic E-state index is -3.75. The van der Waals surface area contributed by atoms with Crippen molar-refractivity contribution in [1.29, 1.82) is 5.26 Å². The fourth-order valence-electron chi connectivity index (χ4n) is 3.02. The predicted molar refractivity (Wildman–Crippen MR) is 99.9 cm³/mol. The molecule has 1 atom stereocenters. The van der Waals surface area contributed by atoms with E-state index in [1.165, 1.54) is 18.3 Å². The van der Waals surface area contributed by atoms with Crippen LogP contribution in [0.3, 0.4) is 0 Å². The Labute approximate surface area is 157 Å². The van der Waals surface area contributed by atoms with Gasteiger partial charge in [0.25, 0.3) is 0 Å². The Hall–Kier alpha value is -2.74. The number of aromatic nitrogens is 2. The molecule has 0 radical (unpaired) electrons. The molecule has 1 aromatic carbocycles. The molecule has 0 bridgehead atoms. The number of nitrogens with zero attached hydrogens (tertiary/aromatic N) is 4. The zero-order chi connectivity index (χ0) is 19.4. The Morgan fingerprint density at radius 1 is 1.37 bits per heavy atom. The van der Waals surface area contributed by atoms with Crippen LogP contribution in [0.25, 0.3) is 0 Å². The van der Waals surface area contributed by atoms with Gasteiger partial charge in [-0.15, -0.1) is 0 Å². The summed E-state index contributed by atoms with van der Waals surface area (Å²) in [6, 6.07) is 8.00. The number of benzene rings is 1. The highest BCUT2D eigenvalue weighted by Crippen LogP contribution is 2.26. The molecule has 1 aromatic heterocycles. The molecule has 0 spiro atoms. The normalized spacial score (nSPS) is 17.4. The van der Waals surface area contributed by atoms with E-state index >= 15 is 0 Å². The maximum Gasteiger partial charge on any atom is 0.238 e. The lowest BCUT2D eigenvalue weighted by atomic mass is 9.99. The van der Waals surface area contributed by atoms with Gasteiger partial charge in [-0.25, -0.2) is 18.5 Å². The van der Waals surface area contributed by atoms with Crippen molar-refractivity contribution in [2.24, 2.45) is 11.1 Å². The summed E-state index contributed by atoms with van der Waals surface area (Å²) in [6.45, 7) is 1.49. The van der Waals surface area contributed by atoms with Crippen molar-refractivity contribution in [2.75, 3.05) is 29.9 Å². The van der Waals surface area contributed by atoms with Crippen molar-refractivity contribution in [3.05, 3.63) is 36.0 Å². The lowest BCUT2D eigenvalue weighted by Gasteiger charge is -2.33. The number of sulfonamides is 1. The van der Waals surface area contributed by atoms with Gasteiger partial charge in [-0.1, -0.05) is 0 Å². The number of hydrogen-bond donors (Lipinski definition) is 3. The summed E-state index contributed by atoms with van der Waals surface area (Å²) >= 11 is 0.